The lowest BCUT2D eigenvalue weighted by molar-refractivity contribution is 0.596. The molecule has 1 N–H and O–H groups in total. The van der Waals surface area contributed by atoms with E-state index in [1.807, 2.05) is 26.2 Å². The molecule has 1 atom stereocenters. The molecular formula is C11H12Br2N4. The lowest BCUT2D eigenvalue weighted by Gasteiger charge is -2.18. The third kappa shape index (κ3) is 2.59. The summed E-state index contributed by atoms with van der Waals surface area (Å²) < 4.78 is 3.87. The minimum Gasteiger partial charge on any atom is -0.308 e. The van der Waals surface area contributed by atoms with Gasteiger partial charge < -0.3 is 5.32 Å². The number of hydrogen-bond acceptors (Lipinski definition) is 3. The lowest BCUT2D eigenvalue weighted by Crippen LogP contribution is -2.21. The molecule has 0 bridgehead atoms. The zero-order chi connectivity index (χ0) is 12.4. The maximum Gasteiger partial charge on any atom is 0.0798 e. The van der Waals surface area contributed by atoms with E-state index >= 15 is 0 Å². The van der Waals surface area contributed by atoms with Crippen molar-refractivity contribution in [2.24, 2.45) is 7.05 Å². The Bertz CT molecular complexity index is 524. The predicted octanol–water partition coefficient (Wildman–Crippen LogP) is 2.65. The van der Waals surface area contributed by atoms with E-state index in [9.17, 15) is 0 Å². The number of benzene rings is 1. The van der Waals surface area contributed by atoms with Crippen LogP contribution in [0.3, 0.4) is 0 Å². The number of halogens is 2. The highest BCUT2D eigenvalue weighted by atomic mass is 79.9. The van der Waals surface area contributed by atoms with E-state index in [0.29, 0.717) is 0 Å². The zero-order valence-corrected chi connectivity index (χ0v) is 12.7. The number of nitrogens with zero attached hydrogens (tertiary/aromatic N) is 3. The van der Waals surface area contributed by atoms with Crippen molar-refractivity contribution in [3.8, 4) is 0 Å². The van der Waals surface area contributed by atoms with Crippen LogP contribution >= 0.6 is 31.9 Å². The van der Waals surface area contributed by atoms with Gasteiger partial charge in [0.25, 0.3) is 0 Å². The Labute approximate surface area is 117 Å². The molecule has 1 unspecified atom stereocenters. The van der Waals surface area contributed by atoms with E-state index < -0.39 is 0 Å². The summed E-state index contributed by atoms with van der Waals surface area (Å²) in [6, 6.07) is 6.19. The smallest absolute Gasteiger partial charge is 0.0798 e. The average Bonchev–Trinajstić information content (AvgIpc) is 2.69. The van der Waals surface area contributed by atoms with Crippen LogP contribution < -0.4 is 5.32 Å². The SMILES string of the molecule is CNC(c1ccc(Br)cc1Br)c1cnnn1C. The van der Waals surface area contributed by atoms with E-state index in [1.54, 1.807) is 10.9 Å². The van der Waals surface area contributed by atoms with Crippen LogP contribution in [0.1, 0.15) is 17.3 Å². The third-order valence-corrected chi connectivity index (χ3v) is 3.79. The van der Waals surface area contributed by atoms with Crippen molar-refractivity contribution in [1.82, 2.24) is 20.3 Å². The Kier molecular flexibility index (Phi) is 3.96. The van der Waals surface area contributed by atoms with Crippen molar-refractivity contribution >= 4 is 31.9 Å². The van der Waals surface area contributed by atoms with Crippen LogP contribution in [0.25, 0.3) is 0 Å². The Morgan fingerprint density at radius 3 is 2.65 bits per heavy atom. The van der Waals surface area contributed by atoms with Crippen LogP contribution in [0, 0.1) is 0 Å². The molecule has 0 radical (unpaired) electrons. The van der Waals surface area contributed by atoms with Crippen molar-refractivity contribution < 1.29 is 0 Å². The molecule has 6 heteroatoms. The molecule has 0 aliphatic carbocycles. The second kappa shape index (κ2) is 5.29. The summed E-state index contributed by atoms with van der Waals surface area (Å²) in [6.07, 6.45) is 1.77. The van der Waals surface area contributed by atoms with Gasteiger partial charge >= 0.3 is 0 Å². The molecule has 0 aliphatic rings. The molecule has 17 heavy (non-hydrogen) atoms. The van der Waals surface area contributed by atoms with E-state index in [1.165, 1.54) is 0 Å². The average molecular weight is 360 g/mol. The Morgan fingerprint density at radius 1 is 1.35 bits per heavy atom. The van der Waals surface area contributed by atoms with Gasteiger partial charge in [-0.15, -0.1) is 5.10 Å². The minimum atomic E-state index is 0.0671. The van der Waals surface area contributed by atoms with Crippen LogP contribution in [0.2, 0.25) is 0 Å². The highest BCUT2D eigenvalue weighted by molar-refractivity contribution is 9.11. The first-order valence-corrected chi connectivity index (χ1v) is 6.69. The van der Waals surface area contributed by atoms with Crippen molar-refractivity contribution in [1.29, 1.82) is 0 Å². The molecule has 2 rings (SSSR count). The van der Waals surface area contributed by atoms with Crippen molar-refractivity contribution in [3.63, 3.8) is 0 Å². The lowest BCUT2D eigenvalue weighted by atomic mass is 10.0. The molecule has 1 aromatic carbocycles. The minimum absolute atomic E-state index is 0.0671. The summed E-state index contributed by atoms with van der Waals surface area (Å²) in [5.41, 5.74) is 2.18. The Balaban J connectivity index is 2.46. The standard InChI is InChI=1S/C11H12Br2N4/c1-14-11(10-6-15-16-17(10)2)8-4-3-7(12)5-9(8)13/h3-6,11,14H,1-2H3. The molecule has 90 valence electrons. The maximum atomic E-state index is 3.96. The molecule has 1 heterocycles. The van der Waals surface area contributed by atoms with Crippen molar-refractivity contribution in [3.05, 3.63) is 44.6 Å². The van der Waals surface area contributed by atoms with Crippen LogP contribution in [0.5, 0.6) is 0 Å². The zero-order valence-electron chi connectivity index (χ0n) is 9.48. The first kappa shape index (κ1) is 12.7. The topological polar surface area (TPSA) is 42.7 Å². The van der Waals surface area contributed by atoms with Gasteiger partial charge in [0.05, 0.1) is 17.9 Å². The van der Waals surface area contributed by atoms with Crippen LogP contribution in [-0.2, 0) is 7.05 Å². The van der Waals surface area contributed by atoms with Gasteiger partial charge in [-0.3, -0.25) is 4.68 Å². The highest BCUT2D eigenvalue weighted by Crippen LogP contribution is 2.30. The summed E-state index contributed by atoms with van der Waals surface area (Å²) in [5.74, 6) is 0. The second-order valence-corrected chi connectivity index (χ2v) is 5.44. The van der Waals surface area contributed by atoms with Gasteiger partial charge in [-0.2, -0.15) is 0 Å². The number of rotatable bonds is 3. The first-order chi connectivity index (χ1) is 8.13. The number of aryl methyl sites for hydroxylation is 1. The fourth-order valence-corrected chi connectivity index (χ4v) is 3.03. The van der Waals surface area contributed by atoms with Gasteiger partial charge in [0.15, 0.2) is 0 Å². The maximum absolute atomic E-state index is 3.96. The normalized spacial score (nSPS) is 12.7. The Hall–Kier alpha value is -0.720. The van der Waals surface area contributed by atoms with Gasteiger partial charge in [-0.1, -0.05) is 43.1 Å². The number of aromatic nitrogens is 3. The summed E-state index contributed by atoms with van der Waals surface area (Å²) in [7, 11) is 3.81. The summed E-state index contributed by atoms with van der Waals surface area (Å²) in [4.78, 5) is 0. The van der Waals surface area contributed by atoms with Crippen LogP contribution in [-0.4, -0.2) is 22.0 Å². The largest absolute Gasteiger partial charge is 0.308 e. The summed E-state index contributed by atoms with van der Waals surface area (Å²) in [6.45, 7) is 0. The van der Waals surface area contributed by atoms with Gasteiger partial charge in [0.1, 0.15) is 0 Å². The Morgan fingerprint density at radius 2 is 2.12 bits per heavy atom. The van der Waals surface area contributed by atoms with Crippen LogP contribution in [0.4, 0.5) is 0 Å². The highest BCUT2D eigenvalue weighted by Gasteiger charge is 2.18. The number of hydrogen-bond donors (Lipinski definition) is 1. The second-order valence-electron chi connectivity index (χ2n) is 3.67. The van der Waals surface area contributed by atoms with Gasteiger partial charge in [0, 0.05) is 16.0 Å². The van der Waals surface area contributed by atoms with E-state index in [-0.39, 0.29) is 6.04 Å². The van der Waals surface area contributed by atoms with Crippen molar-refractivity contribution in [2.45, 2.75) is 6.04 Å². The molecule has 0 saturated carbocycles. The molecular weight excluding hydrogens is 348 g/mol. The first-order valence-electron chi connectivity index (χ1n) is 5.10. The molecule has 0 amide bonds. The van der Waals surface area contributed by atoms with Gasteiger partial charge in [0.2, 0.25) is 0 Å². The molecule has 0 saturated heterocycles. The molecule has 0 spiro atoms. The van der Waals surface area contributed by atoms with Crippen LogP contribution in [0.15, 0.2) is 33.3 Å². The quantitative estimate of drug-likeness (QED) is 0.916. The molecule has 0 fully saturated rings. The van der Waals surface area contributed by atoms with E-state index in [2.05, 4.69) is 53.6 Å². The molecule has 0 aliphatic heterocycles. The number of nitrogens with one attached hydrogen (secondary N) is 1. The monoisotopic (exact) mass is 358 g/mol. The van der Waals surface area contributed by atoms with E-state index in [0.717, 1.165) is 20.2 Å². The molecule has 4 nitrogen and oxygen atoms in total. The van der Waals surface area contributed by atoms with Gasteiger partial charge in [-0.25, -0.2) is 0 Å². The fourth-order valence-electron chi connectivity index (χ4n) is 1.76. The van der Waals surface area contributed by atoms with Gasteiger partial charge in [-0.05, 0) is 24.7 Å². The summed E-state index contributed by atoms with van der Waals surface area (Å²) in [5, 5.41) is 11.1. The molecule has 1 aromatic heterocycles. The van der Waals surface area contributed by atoms with Crippen molar-refractivity contribution in [2.75, 3.05) is 7.05 Å². The fraction of sp³-hybridized carbons (Fsp3) is 0.273. The predicted molar refractivity (Wildman–Crippen MR) is 73.7 cm³/mol. The van der Waals surface area contributed by atoms with E-state index in [4.69, 9.17) is 0 Å². The summed E-state index contributed by atoms with van der Waals surface area (Å²) >= 11 is 7.03. The third-order valence-electron chi connectivity index (χ3n) is 2.61. The molecule has 2 aromatic rings.